The molecule has 60 heavy (non-hydrogen) atoms. The van der Waals surface area contributed by atoms with Crippen LogP contribution in [0.4, 0.5) is 29.5 Å². The van der Waals surface area contributed by atoms with Crippen molar-refractivity contribution in [2.75, 3.05) is 55.7 Å². The number of ether oxygens (including phenoxy) is 2. The Balaban J connectivity index is 0.849. The zero-order chi connectivity index (χ0) is 43.1. The first-order valence-corrected chi connectivity index (χ1v) is 21.0. The van der Waals surface area contributed by atoms with E-state index in [9.17, 15) is 32.8 Å². The lowest BCUT2D eigenvalue weighted by molar-refractivity contribution is -0.137. The summed E-state index contributed by atoms with van der Waals surface area (Å²) in [6.45, 7) is 12.9. The van der Waals surface area contributed by atoms with E-state index in [4.69, 9.17) is 21.7 Å². The van der Waals surface area contributed by atoms with Crippen LogP contribution in [0.5, 0.6) is 5.75 Å². The zero-order valence-electron chi connectivity index (χ0n) is 34.6. The quantitative estimate of drug-likeness (QED) is 0.175. The number of imide groups is 1. The monoisotopic (exact) mass is 851 g/mol. The van der Waals surface area contributed by atoms with Crippen molar-refractivity contribution in [3.63, 3.8) is 0 Å². The molecule has 1 saturated carbocycles. The number of para-hydroxylation sites is 1. The summed E-state index contributed by atoms with van der Waals surface area (Å²) in [6.07, 6.45) is -0.629. The number of halogens is 3. The topological polar surface area (TPSA) is 140 Å². The van der Waals surface area contributed by atoms with E-state index >= 15 is 0 Å². The number of nitrogens with one attached hydrogen (secondary N) is 1. The summed E-state index contributed by atoms with van der Waals surface area (Å²) in [7, 11) is 1.82. The second-order valence-electron chi connectivity index (χ2n) is 16.7. The average Bonchev–Trinajstić information content (AvgIpc) is 3.62. The number of piperazine rings is 1. The van der Waals surface area contributed by atoms with Gasteiger partial charge in [0.25, 0.3) is 5.91 Å². The normalized spacial score (nSPS) is 24.4. The van der Waals surface area contributed by atoms with E-state index in [0.717, 1.165) is 81.3 Å². The number of alkyl halides is 3. The van der Waals surface area contributed by atoms with E-state index in [1.54, 1.807) is 24.6 Å². The molecule has 4 heterocycles. The van der Waals surface area contributed by atoms with Crippen LogP contribution in [0.25, 0.3) is 10.9 Å². The standard InChI is InChI=1S/C42H52F3N9O5S/c1-26-24-50(25-27(2)51(26)17-7-20-59-34-9-6-8-32-36(34)49(5)48-37(32)52-18-16-35(55)47-39(52)57)19-21-58-31-14-12-29(13-15-31)54-40(60)53(38(56)41(54,3)4)30-11-10-28(23-46)33(22-30)42(43,44)45/h6,8-11,22,26-27,29,31H,7,12-21,24-25H2,1-5H3,(H,47,55,57)/t26-,27+,29-,31-. The lowest BCUT2D eigenvalue weighted by Crippen LogP contribution is -2.57. The molecule has 2 aromatic carbocycles. The molecule has 18 heteroatoms. The van der Waals surface area contributed by atoms with E-state index in [1.165, 1.54) is 15.9 Å². The fraction of sp³-hybridized carbons (Fsp3) is 0.571. The number of carbonyl (C=O) groups is 3. The van der Waals surface area contributed by atoms with Crippen LogP contribution in [-0.4, -0.2) is 123 Å². The Morgan fingerprint density at radius 2 is 1.73 bits per heavy atom. The highest BCUT2D eigenvalue weighted by atomic mass is 32.1. The van der Waals surface area contributed by atoms with Crippen molar-refractivity contribution in [1.29, 1.82) is 5.26 Å². The molecule has 4 amide bonds. The maximum absolute atomic E-state index is 13.8. The van der Waals surface area contributed by atoms with Crippen LogP contribution in [0.3, 0.4) is 0 Å². The molecule has 1 aromatic heterocycles. The smallest absolute Gasteiger partial charge is 0.417 e. The number of aromatic nitrogens is 2. The van der Waals surface area contributed by atoms with Crippen molar-refractivity contribution in [1.82, 2.24) is 29.8 Å². The van der Waals surface area contributed by atoms with Crippen LogP contribution in [-0.2, 0) is 27.5 Å². The minimum atomic E-state index is -4.76. The fourth-order valence-electron chi connectivity index (χ4n) is 9.36. The average molecular weight is 852 g/mol. The second kappa shape index (κ2) is 17.3. The Bertz CT molecular complexity index is 2170. The summed E-state index contributed by atoms with van der Waals surface area (Å²) in [6, 6.07) is 10.7. The van der Waals surface area contributed by atoms with Crippen molar-refractivity contribution < 1.29 is 37.0 Å². The van der Waals surface area contributed by atoms with Gasteiger partial charge in [0.2, 0.25) is 5.91 Å². The first kappa shape index (κ1) is 43.3. The Hall–Kier alpha value is -4.83. The Labute approximate surface area is 353 Å². The Morgan fingerprint density at radius 3 is 2.40 bits per heavy atom. The number of nitrogens with zero attached hydrogens (tertiary/aromatic N) is 8. The number of fused-ring (bicyclic) bond motifs is 1. The zero-order valence-corrected chi connectivity index (χ0v) is 35.4. The molecule has 0 spiro atoms. The number of urea groups is 1. The molecule has 3 aromatic rings. The third kappa shape index (κ3) is 8.54. The van der Waals surface area contributed by atoms with Gasteiger partial charge in [0, 0.05) is 69.7 Å². The molecule has 322 valence electrons. The molecule has 0 bridgehead atoms. The molecule has 2 atom stereocenters. The van der Waals surface area contributed by atoms with Crippen LogP contribution >= 0.6 is 12.2 Å². The predicted molar refractivity (Wildman–Crippen MR) is 223 cm³/mol. The number of hydrogen-bond donors (Lipinski definition) is 1. The highest BCUT2D eigenvalue weighted by molar-refractivity contribution is 7.80. The van der Waals surface area contributed by atoms with Gasteiger partial charge in [-0.15, -0.1) is 0 Å². The number of nitriles is 1. The van der Waals surface area contributed by atoms with Crippen LogP contribution < -0.4 is 19.9 Å². The lowest BCUT2D eigenvalue weighted by atomic mass is 9.89. The maximum Gasteiger partial charge on any atom is 0.417 e. The summed E-state index contributed by atoms with van der Waals surface area (Å²) in [4.78, 5) is 47.3. The van der Waals surface area contributed by atoms with Gasteiger partial charge in [-0.25, -0.2) is 4.79 Å². The summed E-state index contributed by atoms with van der Waals surface area (Å²) >= 11 is 5.76. The third-order valence-corrected chi connectivity index (χ3v) is 12.7. The van der Waals surface area contributed by atoms with Gasteiger partial charge < -0.3 is 14.4 Å². The minimum Gasteiger partial charge on any atom is -0.491 e. The molecular weight excluding hydrogens is 800 g/mol. The SMILES string of the molecule is C[C@@H]1CN(CCO[C@H]2CC[C@H](N3C(=S)N(c4ccc(C#N)c(C(F)(F)F)c4)C(=O)C3(C)C)CC2)C[C@H](C)N1CCCOc1cccc2c(N3CCC(=O)NC3=O)nn(C)c12. The fourth-order valence-corrected chi connectivity index (χ4v) is 9.92. The molecule has 1 aliphatic carbocycles. The molecule has 1 N–H and O–H groups in total. The van der Waals surface area contributed by atoms with Gasteiger partial charge in [0.15, 0.2) is 10.9 Å². The van der Waals surface area contributed by atoms with Crippen molar-refractivity contribution >= 4 is 57.6 Å². The van der Waals surface area contributed by atoms with Gasteiger partial charge in [-0.3, -0.25) is 39.2 Å². The highest BCUT2D eigenvalue weighted by Crippen LogP contribution is 2.41. The van der Waals surface area contributed by atoms with Crippen LogP contribution in [0.2, 0.25) is 0 Å². The molecule has 4 fully saturated rings. The molecular formula is C42H52F3N9O5S. The molecule has 4 aliphatic rings. The highest BCUT2D eigenvalue weighted by Gasteiger charge is 2.52. The second-order valence-corrected chi connectivity index (χ2v) is 17.1. The third-order valence-electron chi connectivity index (χ3n) is 12.3. The molecule has 14 nitrogen and oxygen atoms in total. The lowest BCUT2D eigenvalue weighted by Gasteiger charge is -2.44. The first-order valence-electron chi connectivity index (χ1n) is 20.6. The van der Waals surface area contributed by atoms with E-state index in [2.05, 4.69) is 34.1 Å². The number of anilines is 2. The number of benzene rings is 2. The molecule has 0 unspecified atom stereocenters. The van der Waals surface area contributed by atoms with Crippen molar-refractivity contribution in [2.45, 2.75) is 102 Å². The van der Waals surface area contributed by atoms with Gasteiger partial charge in [0.1, 0.15) is 16.8 Å². The summed E-state index contributed by atoms with van der Waals surface area (Å²) in [5.41, 5.74) is -1.87. The Kier molecular flexibility index (Phi) is 12.5. The minimum absolute atomic E-state index is 0.000564. The number of thiocarbonyl (C=S) groups is 1. The summed E-state index contributed by atoms with van der Waals surface area (Å²) in [5, 5.41) is 17.1. The van der Waals surface area contributed by atoms with Gasteiger partial charge >= 0.3 is 12.2 Å². The molecule has 0 radical (unpaired) electrons. The number of rotatable bonds is 12. The van der Waals surface area contributed by atoms with Gasteiger partial charge in [-0.2, -0.15) is 23.5 Å². The van der Waals surface area contributed by atoms with Gasteiger partial charge in [-0.05, 0) is 102 Å². The molecule has 3 saturated heterocycles. The van der Waals surface area contributed by atoms with E-state index in [0.29, 0.717) is 36.9 Å². The number of amides is 4. The van der Waals surface area contributed by atoms with E-state index < -0.39 is 34.8 Å². The van der Waals surface area contributed by atoms with Gasteiger partial charge in [0.05, 0.1) is 42.2 Å². The van der Waals surface area contributed by atoms with Crippen LogP contribution in [0.15, 0.2) is 36.4 Å². The number of aryl methyl sites for hydroxylation is 1. The van der Waals surface area contributed by atoms with Crippen LogP contribution in [0, 0.1) is 11.3 Å². The van der Waals surface area contributed by atoms with Crippen molar-refractivity contribution in [3.8, 4) is 11.8 Å². The first-order chi connectivity index (χ1) is 28.5. The van der Waals surface area contributed by atoms with E-state index in [1.807, 2.05) is 30.1 Å². The van der Waals surface area contributed by atoms with E-state index in [-0.39, 0.29) is 41.8 Å². The number of carbonyl (C=O) groups excluding carboxylic acids is 3. The number of hydrogen-bond acceptors (Lipinski definition) is 10. The summed E-state index contributed by atoms with van der Waals surface area (Å²) < 4.78 is 55.6. The predicted octanol–water partition coefficient (Wildman–Crippen LogP) is 5.81. The Morgan fingerprint density at radius 1 is 1.02 bits per heavy atom. The molecule has 3 aliphatic heterocycles. The summed E-state index contributed by atoms with van der Waals surface area (Å²) in [5.74, 6) is 0.497. The van der Waals surface area contributed by atoms with Crippen LogP contribution in [0.1, 0.15) is 77.3 Å². The van der Waals surface area contributed by atoms with Crippen molar-refractivity contribution in [2.24, 2.45) is 7.05 Å². The van der Waals surface area contributed by atoms with Gasteiger partial charge in [-0.1, -0.05) is 6.07 Å². The molecule has 7 rings (SSSR count). The maximum atomic E-state index is 13.8. The largest absolute Gasteiger partial charge is 0.491 e. The van der Waals surface area contributed by atoms with Crippen molar-refractivity contribution in [3.05, 3.63) is 47.5 Å².